The maximum atomic E-state index is 12.1. The zero-order valence-electron chi connectivity index (χ0n) is 13.9. The molecule has 2 heterocycles. The predicted octanol–water partition coefficient (Wildman–Crippen LogP) is 3.60. The van der Waals surface area contributed by atoms with Crippen molar-refractivity contribution in [3.8, 4) is 0 Å². The second-order valence-corrected chi connectivity index (χ2v) is 6.31. The molecule has 27 heavy (non-hydrogen) atoms. The first-order valence-electron chi connectivity index (χ1n) is 7.67. The van der Waals surface area contributed by atoms with Crippen LogP contribution < -0.4 is 10.9 Å². The van der Waals surface area contributed by atoms with Gasteiger partial charge in [-0.15, -0.1) is 0 Å². The van der Waals surface area contributed by atoms with Crippen LogP contribution in [-0.4, -0.2) is 23.5 Å². The van der Waals surface area contributed by atoms with Gasteiger partial charge in [-0.2, -0.15) is 0 Å². The predicted molar refractivity (Wildman–Crippen MR) is 100 cm³/mol. The number of hydrogen-bond acceptors (Lipinski definition) is 6. The van der Waals surface area contributed by atoms with Crippen LogP contribution in [0.1, 0.15) is 16.1 Å². The van der Waals surface area contributed by atoms with Crippen molar-refractivity contribution in [2.24, 2.45) is 0 Å². The van der Waals surface area contributed by atoms with Gasteiger partial charge in [0.15, 0.2) is 12.4 Å². The van der Waals surface area contributed by atoms with E-state index in [0.717, 1.165) is 0 Å². The van der Waals surface area contributed by atoms with Gasteiger partial charge in [-0.1, -0.05) is 41.4 Å². The normalized spacial score (nSPS) is 10.6. The summed E-state index contributed by atoms with van der Waals surface area (Å²) in [5, 5.41) is 3.46. The molecule has 1 amide bonds. The van der Waals surface area contributed by atoms with Crippen LogP contribution in [0.25, 0.3) is 11.0 Å². The molecule has 1 N–H and O–H groups in total. The number of nitrogens with one attached hydrogen (secondary N) is 1. The van der Waals surface area contributed by atoms with Crippen molar-refractivity contribution in [3.05, 3.63) is 68.1 Å². The Kier molecular flexibility index (Phi) is 5.43. The summed E-state index contributed by atoms with van der Waals surface area (Å²) in [6.45, 7) is 1.01. The summed E-state index contributed by atoms with van der Waals surface area (Å²) in [5.74, 6) is -1.56. The number of pyridine rings is 1. The van der Waals surface area contributed by atoms with E-state index in [1.807, 2.05) is 0 Å². The minimum atomic E-state index is -0.976. The van der Waals surface area contributed by atoms with E-state index in [2.05, 4.69) is 10.3 Å². The Morgan fingerprint density at radius 3 is 2.70 bits per heavy atom. The molecule has 138 valence electrons. The Hall–Kier alpha value is -2.90. The number of carbonyl (C=O) groups is 2. The third kappa shape index (κ3) is 4.27. The van der Waals surface area contributed by atoms with Gasteiger partial charge in [0, 0.05) is 5.39 Å². The third-order valence-corrected chi connectivity index (χ3v) is 4.23. The largest absolute Gasteiger partial charge is 0.452 e. The van der Waals surface area contributed by atoms with Crippen molar-refractivity contribution in [2.45, 2.75) is 6.92 Å². The van der Waals surface area contributed by atoms with E-state index >= 15 is 0 Å². The number of nitrogens with zero attached hydrogens (tertiary/aromatic N) is 1. The molecule has 0 spiro atoms. The van der Waals surface area contributed by atoms with E-state index in [4.69, 9.17) is 32.4 Å². The monoisotopic (exact) mass is 406 g/mol. The minimum Gasteiger partial charge on any atom is -0.452 e. The number of aromatic nitrogens is 1. The van der Waals surface area contributed by atoms with Crippen molar-refractivity contribution < 1.29 is 18.7 Å². The number of fused-ring (bicyclic) bond motifs is 1. The second kappa shape index (κ2) is 7.77. The third-order valence-electron chi connectivity index (χ3n) is 3.56. The summed E-state index contributed by atoms with van der Waals surface area (Å²) in [4.78, 5) is 40.0. The zero-order valence-corrected chi connectivity index (χ0v) is 15.4. The Labute approximate surface area is 162 Å². The van der Waals surface area contributed by atoms with Crippen molar-refractivity contribution in [2.75, 3.05) is 11.9 Å². The highest BCUT2D eigenvalue weighted by Crippen LogP contribution is 2.25. The number of esters is 1. The average Bonchev–Trinajstić information content (AvgIpc) is 2.63. The highest BCUT2D eigenvalue weighted by atomic mass is 35.5. The SMILES string of the molecule is Cc1nc(NC(=O)COC(=O)c2cc3ccccc3oc2=O)c(Cl)cc1Cl. The molecule has 0 fully saturated rings. The van der Waals surface area contributed by atoms with Crippen molar-refractivity contribution >= 4 is 51.9 Å². The van der Waals surface area contributed by atoms with Crippen LogP contribution >= 0.6 is 23.2 Å². The molecule has 0 saturated carbocycles. The zero-order chi connectivity index (χ0) is 19.6. The van der Waals surface area contributed by atoms with Gasteiger partial charge in [0.05, 0.1) is 15.7 Å². The first-order valence-corrected chi connectivity index (χ1v) is 8.43. The number of hydrogen-bond donors (Lipinski definition) is 1. The molecule has 0 aliphatic heterocycles. The van der Waals surface area contributed by atoms with Gasteiger partial charge < -0.3 is 14.5 Å². The van der Waals surface area contributed by atoms with E-state index in [1.165, 1.54) is 12.1 Å². The number of anilines is 1. The lowest BCUT2D eigenvalue weighted by molar-refractivity contribution is -0.119. The van der Waals surface area contributed by atoms with E-state index in [1.54, 1.807) is 31.2 Å². The van der Waals surface area contributed by atoms with Crippen molar-refractivity contribution in [3.63, 3.8) is 0 Å². The number of ether oxygens (including phenoxy) is 1. The Bertz CT molecular complexity index is 1110. The Balaban J connectivity index is 1.69. The molecule has 0 unspecified atom stereocenters. The van der Waals surface area contributed by atoms with Crippen LogP contribution in [-0.2, 0) is 9.53 Å². The highest BCUT2D eigenvalue weighted by molar-refractivity contribution is 6.36. The van der Waals surface area contributed by atoms with Crippen molar-refractivity contribution in [1.29, 1.82) is 0 Å². The molecule has 3 rings (SSSR count). The van der Waals surface area contributed by atoms with Gasteiger partial charge >= 0.3 is 11.6 Å². The molecule has 3 aromatic rings. The van der Waals surface area contributed by atoms with Crippen LogP contribution in [0.3, 0.4) is 0 Å². The summed E-state index contributed by atoms with van der Waals surface area (Å²) in [7, 11) is 0. The van der Waals surface area contributed by atoms with Gasteiger partial charge in [-0.05, 0) is 25.1 Å². The van der Waals surface area contributed by atoms with Gasteiger partial charge in [0.25, 0.3) is 5.91 Å². The fourth-order valence-electron chi connectivity index (χ4n) is 2.23. The summed E-state index contributed by atoms with van der Waals surface area (Å²) in [6, 6.07) is 9.50. The number of benzene rings is 1. The van der Waals surface area contributed by atoms with Crippen LogP contribution in [0.15, 0.2) is 45.6 Å². The lowest BCUT2D eigenvalue weighted by atomic mass is 10.2. The Morgan fingerprint density at radius 2 is 1.93 bits per heavy atom. The molecule has 9 heteroatoms. The van der Waals surface area contributed by atoms with E-state index < -0.39 is 24.1 Å². The number of amides is 1. The fraction of sp³-hybridized carbons (Fsp3) is 0.111. The average molecular weight is 407 g/mol. The van der Waals surface area contributed by atoms with E-state index in [9.17, 15) is 14.4 Å². The first kappa shape index (κ1) is 18.9. The van der Waals surface area contributed by atoms with Crippen LogP contribution in [0, 0.1) is 6.92 Å². The quantitative estimate of drug-likeness (QED) is 0.524. The van der Waals surface area contributed by atoms with E-state index in [-0.39, 0.29) is 16.4 Å². The lowest BCUT2D eigenvalue weighted by Crippen LogP contribution is -2.24. The number of rotatable bonds is 4. The van der Waals surface area contributed by atoms with Gasteiger partial charge in [-0.3, -0.25) is 4.79 Å². The van der Waals surface area contributed by atoms with Crippen LogP contribution in [0.5, 0.6) is 0 Å². The minimum absolute atomic E-state index is 0.0878. The molecule has 0 aliphatic carbocycles. The molecule has 0 radical (unpaired) electrons. The first-order chi connectivity index (χ1) is 12.8. The lowest BCUT2D eigenvalue weighted by Gasteiger charge is -2.09. The van der Waals surface area contributed by atoms with Gasteiger partial charge in [-0.25, -0.2) is 14.6 Å². The summed E-state index contributed by atoms with van der Waals surface area (Å²) in [6.07, 6.45) is 0. The van der Waals surface area contributed by atoms with Crippen molar-refractivity contribution in [1.82, 2.24) is 4.98 Å². The molecule has 0 bridgehead atoms. The molecule has 2 aromatic heterocycles. The van der Waals surface area contributed by atoms with Crippen LogP contribution in [0.4, 0.5) is 5.82 Å². The molecular weight excluding hydrogens is 395 g/mol. The van der Waals surface area contributed by atoms with E-state index in [0.29, 0.717) is 21.7 Å². The van der Waals surface area contributed by atoms with Gasteiger partial charge in [0.1, 0.15) is 11.1 Å². The molecule has 0 saturated heterocycles. The van der Waals surface area contributed by atoms with Crippen LogP contribution in [0.2, 0.25) is 10.0 Å². The number of carbonyl (C=O) groups excluding carboxylic acids is 2. The maximum Gasteiger partial charge on any atom is 0.351 e. The summed E-state index contributed by atoms with van der Waals surface area (Å²) in [5.41, 5.74) is -0.338. The molecule has 0 aliphatic rings. The highest BCUT2D eigenvalue weighted by Gasteiger charge is 2.17. The summed E-state index contributed by atoms with van der Waals surface area (Å²) >= 11 is 11.8. The molecule has 7 nitrogen and oxygen atoms in total. The summed E-state index contributed by atoms with van der Waals surface area (Å²) < 4.78 is 9.94. The number of halogens is 2. The second-order valence-electron chi connectivity index (χ2n) is 5.50. The molecular formula is C18H12Cl2N2O5. The topological polar surface area (TPSA) is 98.5 Å². The Morgan fingerprint density at radius 1 is 1.19 bits per heavy atom. The molecule has 0 atom stereocenters. The smallest absolute Gasteiger partial charge is 0.351 e. The van der Waals surface area contributed by atoms with Gasteiger partial charge in [0.2, 0.25) is 0 Å². The number of para-hydroxylation sites is 1. The fourth-order valence-corrected chi connectivity index (χ4v) is 2.63. The number of aryl methyl sites for hydroxylation is 1. The molecule has 1 aromatic carbocycles. The maximum absolute atomic E-state index is 12.1. The standard InChI is InChI=1S/C18H12Cl2N2O5/c1-9-12(19)7-13(20)16(21-9)22-15(23)8-26-17(24)11-6-10-4-2-3-5-14(10)27-18(11)25/h2-7H,8H2,1H3,(H,21,22,23).